The number of rotatable bonds is 4. The van der Waals surface area contributed by atoms with Crippen LogP contribution in [-0.2, 0) is 14.4 Å². The zero-order valence-electron chi connectivity index (χ0n) is 18.6. The number of benzene rings is 2. The molecule has 3 amide bonds. The van der Waals surface area contributed by atoms with Crippen molar-refractivity contribution in [2.24, 2.45) is 0 Å². The first-order valence-corrected chi connectivity index (χ1v) is 11.5. The van der Waals surface area contributed by atoms with Gasteiger partial charge in [-0.1, -0.05) is 23.7 Å². The Morgan fingerprint density at radius 3 is 2.53 bits per heavy atom. The average Bonchev–Trinajstić information content (AvgIpc) is 3.16. The summed E-state index contributed by atoms with van der Waals surface area (Å²) in [6.45, 7) is 1.96. The van der Waals surface area contributed by atoms with Crippen molar-refractivity contribution in [1.82, 2.24) is 9.80 Å². The van der Waals surface area contributed by atoms with Crippen LogP contribution in [0, 0.1) is 0 Å². The van der Waals surface area contributed by atoms with E-state index in [0.717, 1.165) is 4.90 Å². The molecule has 0 N–H and O–H groups in total. The molecule has 0 bridgehead atoms. The fourth-order valence-electron chi connectivity index (χ4n) is 4.59. The minimum absolute atomic E-state index is 0.0683. The highest BCUT2D eigenvalue weighted by Crippen LogP contribution is 2.36. The molecule has 9 nitrogen and oxygen atoms in total. The second kappa shape index (κ2) is 9.15. The zero-order chi connectivity index (χ0) is 23.8. The van der Waals surface area contributed by atoms with E-state index in [1.807, 2.05) is 17.0 Å². The minimum Gasteiger partial charge on any atom is -0.495 e. The summed E-state index contributed by atoms with van der Waals surface area (Å²) in [6.07, 6.45) is -0.638. The lowest BCUT2D eigenvalue weighted by Gasteiger charge is -2.38. The summed E-state index contributed by atoms with van der Waals surface area (Å²) in [7, 11) is 1.48. The Bertz CT molecular complexity index is 1130. The minimum atomic E-state index is -0.707. The van der Waals surface area contributed by atoms with Crippen LogP contribution in [0.2, 0.25) is 5.02 Å². The standard InChI is InChI=1S/C24H24ClN3O6/c1-32-18-7-6-15(25)12-16(18)28-22(29)13-17(23(28)30)26-8-10-27(11-9-26)24(31)21-14-33-19-4-2-3-5-20(19)34-21/h2-7,12,17,21H,8-11,13-14H2,1H3/t17-,21-/m0/s1. The van der Waals surface area contributed by atoms with Crippen LogP contribution in [0.1, 0.15) is 6.42 Å². The molecule has 10 heteroatoms. The smallest absolute Gasteiger partial charge is 0.267 e. The molecule has 0 saturated carbocycles. The largest absolute Gasteiger partial charge is 0.495 e. The van der Waals surface area contributed by atoms with Gasteiger partial charge in [-0.05, 0) is 30.3 Å². The molecule has 2 aromatic rings. The molecule has 178 valence electrons. The third-order valence-electron chi connectivity index (χ3n) is 6.36. The monoisotopic (exact) mass is 485 g/mol. The van der Waals surface area contributed by atoms with E-state index in [4.69, 9.17) is 25.8 Å². The SMILES string of the molecule is COc1ccc(Cl)cc1N1C(=O)C[C@H](N2CCN(C(=O)[C@@H]3COc4ccccc4O3)CC2)C1=O. The summed E-state index contributed by atoms with van der Waals surface area (Å²) in [5, 5.41) is 0.406. The first kappa shape index (κ1) is 22.5. The van der Waals surface area contributed by atoms with Crippen molar-refractivity contribution in [3.05, 3.63) is 47.5 Å². The van der Waals surface area contributed by atoms with Crippen LogP contribution >= 0.6 is 11.6 Å². The molecule has 34 heavy (non-hydrogen) atoms. The van der Waals surface area contributed by atoms with Crippen LogP contribution < -0.4 is 19.1 Å². The van der Waals surface area contributed by atoms with E-state index < -0.39 is 12.1 Å². The van der Waals surface area contributed by atoms with Crippen LogP contribution in [0.4, 0.5) is 5.69 Å². The molecule has 5 rings (SSSR count). The number of amides is 3. The summed E-state index contributed by atoms with van der Waals surface area (Å²) in [5.74, 6) is 0.817. The number of para-hydroxylation sites is 2. The molecule has 2 aromatic carbocycles. The summed E-state index contributed by atoms with van der Waals surface area (Å²) < 4.78 is 16.8. The molecular formula is C24H24ClN3O6. The van der Waals surface area contributed by atoms with Gasteiger partial charge in [-0.3, -0.25) is 19.3 Å². The van der Waals surface area contributed by atoms with Gasteiger partial charge in [-0.15, -0.1) is 0 Å². The molecule has 3 heterocycles. The van der Waals surface area contributed by atoms with E-state index in [2.05, 4.69) is 0 Å². The maximum absolute atomic E-state index is 13.2. The van der Waals surface area contributed by atoms with Crippen LogP contribution in [0.3, 0.4) is 0 Å². The number of imide groups is 1. The summed E-state index contributed by atoms with van der Waals surface area (Å²) in [4.78, 5) is 43.8. The highest BCUT2D eigenvalue weighted by Gasteiger charge is 2.45. The number of methoxy groups -OCH3 is 1. The third kappa shape index (κ3) is 4.05. The van der Waals surface area contributed by atoms with E-state index in [-0.39, 0.29) is 30.7 Å². The normalized spacial score (nSPS) is 22.8. The Hall–Kier alpha value is -3.30. The van der Waals surface area contributed by atoms with E-state index in [1.165, 1.54) is 7.11 Å². The first-order valence-electron chi connectivity index (χ1n) is 11.1. The quantitative estimate of drug-likeness (QED) is 0.612. The molecule has 0 aliphatic carbocycles. The Morgan fingerprint density at radius 2 is 1.79 bits per heavy atom. The van der Waals surface area contributed by atoms with Crippen molar-refractivity contribution in [2.45, 2.75) is 18.6 Å². The Balaban J connectivity index is 1.22. The number of piperazine rings is 1. The molecule has 2 atom stereocenters. The number of fused-ring (bicyclic) bond motifs is 1. The van der Waals surface area contributed by atoms with Crippen molar-refractivity contribution in [1.29, 1.82) is 0 Å². The molecule has 2 saturated heterocycles. The molecule has 3 aliphatic heterocycles. The lowest BCUT2D eigenvalue weighted by Crippen LogP contribution is -2.57. The number of halogens is 1. The maximum Gasteiger partial charge on any atom is 0.267 e. The van der Waals surface area contributed by atoms with Gasteiger partial charge in [0.1, 0.15) is 12.4 Å². The van der Waals surface area contributed by atoms with Crippen molar-refractivity contribution in [2.75, 3.05) is 44.8 Å². The molecule has 0 unspecified atom stereocenters. The number of carbonyl (C=O) groups is 3. The van der Waals surface area contributed by atoms with Crippen LogP contribution in [-0.4, -0.2) is 79.6 Å². The predicted molar refractivity (Wildman–Crippen MR) is 123 cm³/mol. The number of carbonyl (C=O) groups excluding carboxylic acids is 3. The average molecular weight is 486 g/mol. The first-order chi connectivity index (χ1) is 16.5. The molecule has 0 spiro atoms. The number of nitrogens with zero attached hydrogens (tertiary/aromatic N) is 3. The second-order valence-electron chi connectivity index (χ2n) is 8.33. The number of ether oxygens (including phenoxy) is 3. The number of hydrogen-bond donors (Lipinski definition) is 0. The van der Waals surface area contributed by atoms with Crippen LogP contribution in [0.25, 0.3) is 0 Å². The molecule has 0 aromatic heterocycles. The highest BCUT2D eigenvalue weighted by molar-refractivity contribution is 6.31. The van der Waals surface area contributed by atoms with Gasteiger partial charge in [0.15, 0.2) is 11.5 Å². The fourth-order valence-corrected chi connectivity index (χ4v) is 4.76. The zero-order valence-corrected chi connectivity index (χ0v) is 19.4. The fraction of sp³-hybridized carbons (Fsp3) is 0.375. The molecule has 2 fully saturated rings. The van der Waals surface area contributed by atoms with Gasteiger partial charge in [0, 0.05) is 31.2 Å². The van der Waals surface area contributed by atoms with Gasteiger partial charge < -0.3 is 19.1 Å². The summed E-state index contributed by atoms with van der Waals surface area (Å²) in [6, 6.07) is 11.5. The van der Waals surface area contributed by atoms with E-state index in [9.17, 15) is 14.4 Å². The lowest BCUT2D eigenvalue weighted by atomic mass is 10.1. The van der Waals surface area contributed by atoms with E-state index in [0.29, 0.717) is 54.1 Å². The van der Waals surface area contributed by atoms with Gasteiger partial charge in [0.05, 0.1) is 25.3 Å². The molecule has 3 aliphatic rings. The van der Waals surface area contributed by atoms with Gasteiger partial charge >= 0.3 is 0 Å². The van der Waals surface area contributed by atoms with Gasteiger partial charge in [0.25, 0.3) is 11.8 Å². The third-order valence-corrected chi connectivity index (χ3v) is 6.59. The lowest BCUT2D eigenvalue weighted by molar-refractivity contribution is -0.143. The van der Waals surface area contributed by atoms with Crippen molar-refractivity contribution in [3.8, 4) is 17.2 Å². The highest BCUT2D eigenvalue weighted by atomic mass is 35.5. The van der Waals surface area contributed by atoms with E-state index >= 15 is 0 Å². The van der Waals surface area contributed by atoms with Gasteiger partial charge in [-0.2, -0.15) is 0 Å². The van der Waals surface area contributed by atoms with Gasteiger partial charge in [0.2, 0.25) is 12.0 Å². The second-order valence-corrected chi connectivity index (χ2v) is 8.77. The van der Waals surface area contributed by atoms with Crippen LogP contribution in [0.5, 0.6) is 17.2 Å². The molecular weight excluding hydrogens is 462 g/mol. The van der Waals surface area contributed by atoms with Crippen molar-refractivity contribution < 1.29 is 28.6 Å². The van der Waals surface area contributed by atoms with Crippen molar-refractivity contribution >= 4 is 35.0 Å². The Morgan fingerprint density at radius 1 is 1.06 bits per heavy atom. The summed E-state index contributed by atoms with van der Waals surface area (Å²) in [5.41, 5.74) is 0.344. The van der Waals surface area contributed by atoms with Gasteiger partial charge in [-0.25, -0.2) is 4.90 Å². The maximum atomic E-state index is 13.2. The van der Waals surface area contributed by atoms with Crippen LogP contribution in [0.15, 0.2) is 42.5 Å². The predicted octanol–water partition coefficient (Wildman–Crippen LogP) is 1.96. The number of anilines is 1. The summed E-state index contributed by atoms with van der Waals surface area (Å²) >= 11 is 6.10. The van der Waals surface area contributed by atoms with Crippen molar-refractivity contribution in [3.63, 3.8) is 0 Å². The Kier molecular flexibility index (Phi) is 6.05. The molecule has 0 radical (unpaired) electrons. The van der Waals surface area contributed by atoms with E-state index in [1.54, 1.807) is 35.2 Å². The Labute approximate surface area is 201 Å². The number of hydrogen-bond acceptors (Lipinski definition) is 7. The topological polar surface area (TPSA) is 88.6 Å².